The first kappa shape index (κ1) is 17.3. The third kappa shape index (κ3) is 4.47. The van der Waals surface area contributed by atoms with Crippen molar-refractivity contribution in [2.24, 2.45) is 0 Å². The van der Waals surface area contributed by atoms with E-state index < -0.39 is 0 Å². The summed E-state index contributed by atoms with van der Waals surface area (Å²) in [6.45, 7) is 3.95. The molecule has 0 saturated heterocycles. The zero-order chi connectivity index (χ0) is 16.8. The van der Waals surface area contributed by atoms with E-state index in [4.69, 9.17) is 16.3 Å². The summed E-state index contributed by atoms with van der Waals surface area (Å²) in [7, 11) is 0. The Balaban J connectivity index is 2.34. The third-order valence-corrected chi connectivity index (χ3v) is 4.27. The fourth-order valence-corrected chi connectivity index (χ4v) is 2.96. The topological polar surface area (TPSA) is 63.0 Å². The van der Waals surface area contributed by atoms with Crippen molar-refractivity contribution in [3.63, 3.8) is 0 Å². The van der Waals surface area contributed by atoms with Gasteiger partial charge in [0.15, 0.2) is 0 Å². The molecular weight excluding hydrogens is 332 g/mol. The molecule has 1 aromatic carbocycles. The highest BCUT2D eigenvalue weighted by molar-refractivity contribution is 7.99. The molecule has 0 amide bonds. The molecule has 0 radical (unpaired) electrons. The first-order valence-corrected chi connectivity index (χ1v) is 8.37. The largest absolute Gasteiger partial charge is 0.465 e. The number of esters is 1. The Kier molecular flexibility index (Phi) is 6.03. The number of rotatable bonds is 5. The number of aryl methyl sites for hydroxylation is 1. The predicted octanol–water partition coefficient (Wildman–Crippen LogP) is 4.24. The first-order chi connectivity index (χ1) is 11.0. The molecule has 0 fully saturated rings. The minimum Gasteiger partial charge on any atom is -0.465 e. The SMILES string of the molecule is CCOC(=O)CSc1nc(-c2ccc(Cl)cc2)cc(C)c1C#N. The number of carbonyl (C=O) groups is 1. The van der Waals surface area contributed by atoms with Gasteiger partial charge in [-0.15, -0.1) is 0 Å². The number of hydrogen-bond acceptors (Lipinski definition) is 5. The van der Waals surface area contributed by atoms with Gasteiger partial charge in [0.1, 0.15) is 11.1 Å². The second kappa shape index (κ2) is 8.00. The average molecular weight is 347 g/mol. The zero-order valence-electron chi connectivity index (χ0n) is 12.8. The Hall–Kier alpha value is -2.03. The lowest BCUT2D eigenvalue weighted by atomic mass is 10.1. The Bertz CT molecular complexity index is 754. The lowest BCUT2D eigenvalue weighted by molar-refractivity contribution is -0.139. The van der Waals surface area contributed by atoms with Crippen molar-refractivity contribution in [3.8, 4) is 17.3 Å². The highest BCUT2D eigenvalue weighted by Gasteiger charge is 2.14. The van der Waals surface area contributed by atoms with Gasteiger partial charge in [0.2, 0.25) is 0 Å². The number of aromatic nitrogens is 1. The molecule has 0 N–H and O–H groups in total. The highest BCUT2D eigenvalue weighted by atomic mass is 35.5. The molecule has 4 nitrogen and oxygen atoms in total. The molecule has 2 aromatic rings. The predicted molar refractivity (Wildman–Crippen MR) is 91.5 cm³/mol. The van der Waals surface area contributed by atoms with Crippen LogP contribution in [0.15, 0.2) is 35.4 Å². The number of halogens is 1. The van der Waals surface area contributed by atoms with Crippen LogP contribution in [0.4, 0.5) is 0 Å². The molecule has 0 aliphatic carbocycles. The Morgan fingerprint density at radius 3 is 2.70 bits per heavy atom. The summed E-state index contributed by atoms with van der Waals surface area (Å²) in [6.07, 6.45) is 0. The minimum atomic E-state index is -0.322. The maximum atomic E-state index is 11.5. The second-order valence-electron chi connectivity index (χ2n) is 4.72. The maximum absolute atomic E-state index is 11.5. The number of nitriles is 1. The van der Waals surface area contributed by atoms with Gasteiger partial charge in [0.25, 0.3) is 0 Å². The van der Waals surface area contributed by atoms with E-state index in [1.165, 1.54) is 11.8 Å². The van der Waals surface area contributed by atoms with E-state index in [0.717, 1.165) is 16.8 Å². The van der Waals surface area contributed by atoms with Crippen molar-refractivity contribution in [2.75, 3.05) is 12.4 Å². The number of carbonyl (C=O) groups excluding carboxylic acids is 1. The van der Waals surface area contributed by atoms with Crippen LogP contribution in [0.3, 0.4) is 0 Å². The number of thioether (sulfide) groups is 1. The van der Waals surface area contributed by atoms with Gasteiger partial charge in [-0.05, 0) is 37.6 Å². The molecule has 0 atom stereocenters. The highest BCUT2D eigenvalue weighted by Crippen LogP contribution is 2.28. The molecule has 0 spiro atoms. The van der Waals surface area contributed by atoms with Crippen LogP contribution >= 0.6 is 23.4 Å². The standard InChI is InChI=1S/C17H15ClN2O2S/c1-3-22-16(21)10-23-17-14(9-19)11(2)8-15(20-17)12-4-6-13(18)7-5-12/h4-8H,3,10H2,1-2H3. The maximum Gasteiger partial charge on any atom is 0.316 e. The average Bonchev–Trinajstić information content (AvgIpc) is 2.53. The fourth-order valence-electron chi connectivity index (χ4n) is 1.98. The summed E-state index contributed by atoms with van der Waals surface area (Å²) in [6, 6.07) is 11.3. The van der Waals surface area contributed by atoms with E-state index in [1.807, 2.05) is 25.1 Å². The van der Waals surface area contributed by atoms with Crippen LogP contribution in [0, 0.1) is 18.3 Å². The van der Waals surface area contributed by atoms with Crippen LogP contribution in [0.5, 0.6) is 0 Å². The molecular formula is C17H15ClN2O2S. The van der Waals surface area contributed by atoms with Crippen LogP contribution < -0.4 is 0 Å². The van der Waals surface area contributed by atoms with Crippen LogP contribution in [-0.4, -0.2) is 23.3 Å². The smallest absolute Gasteiger partial charge is 0.316 e. The number of benzene rings is 1. The summed E-state index contributed by atoms with van der Waals surface area (Å²) in [5, 5.41) is 10.5. The van der Waals surface area contributed by atoms with E-state index in [0.29, 0.717) is 22.2 Å². The summed E-state index contributed by atoms with van der Waals surface area (Å²) in [5.74, 6) is -0.197. The molecule has 6 heteroatoms. The van der Waals surface area contributed by atoms with E-state index in [9.17, 15) is 10.1 Å². The first-order valence-electron chi connectivity index (χ1n) is 7.01. The molecule has 23 heavy (non-hydrogen) atoms. The van der Waals surface area contributed by atoms with Gasteiger partial charge < -0.3 is 4.74 Å². The van der Waals surface area contributed by atoms with Crippen molar-refractivity contribution >= 4 is 29.3 Å². The quantitative estimate of drug-likeness (QED) is 0.598. The van der Waals surface area contributed by atoms with E-state index in [-0.39, 0.29) is 11.7 Å². The van der Waals surface area contributed by atoms with Gasteiger partial charge in [0.05, 0.1) is 23.6 Å². The molecule has 0 saturated carbocycles. The van der Waals surface area contributed by atoms with Crippen LogP contribution in [0.2, 0.25) is 5.02 Å². The summed E-state index contributed by atoms with van der Waals surface area (Å²) in [5.41, 5.74) is 2.94. The number of ether oxygens (including phenoxy) is 1. The lowest BCUT2D eigenvalue weighted by Gasteiger charge is -2.09. The molecule has 0 bridgehead atoms. The van der Waals surface area contributed by atoms with Crippen molar-refractivity contribution in [2.45, 2.75) is 18.9 Å². The lowest BCUT2D eigenvalue weighted by Crippen LogP contribution is -2.07. The van der Waals surface area contributed by atoms with Gasteiger partial charge in [-0.1, -0.05) is 35.5 Å². The molecule has 2 rings (SSSR count). The van der Waals surface area contributed by atoms with Crippen LogP contribution in [0.25, 0.3) is 11.3 Å². The Labute approximate surface area is 144 Å². The van der Waals surface area contributed by atoms with Gasteiger partial charge in [0, 0.05) is 10.6 Å². The van der Waals surface area contributed by atoms with Crippen LogP contribution in [-0.2, 0) is 9.53 Å². The van der Waals surface area contributed by atoms with Crippen molar-refractivity contribution < 1.29 is 9.53 Å². The number of nitrogens with zero attached hydrogens (tertiary/aromatic N) is 2. The molecule has 0 aliphatic rings. The van der Waals surface area contributed by atoms with Crippen LogP contribution in [0.1, 0.15) is 18.1 Å². The van der Waals surface area contributed by atoms with Gasteiger partial charge in [-0.3, -0.25) is 4.79 Å². The minimum absolute atomic E-state index is 0.124. The van der Waals surface area contributed by atoms with Gasteiger partial charge in [-0.25, -0.2) is 4.98 Å². The molecule has 1 heterocycles. The normalized spacial score (nSPS) is 10.2. The van der Waals surface area contributed by atoms with Crippen molar-refractivity contribution in [1.82, 2.24) is 4.98 Å². The molecule has 0 unspecified atom stereocenters. The molecule has 118 valence electrons. The zero-order valence-corrected chi connectivity index (χ0v) is 14.4. The Morgan fingerprint density at radius 2 is 2.09 bits per heavy atom. The summed E-state index contributed by atoms with van der Waals surface area (Å²) in [4.78, 5) is 16.1. The van der Waals surface area contributed by atoms with E-state index >= 15 is 0 Å². The van der Waals surface area contributed by atoms with E-state index in [2.05, 4.69) is 11.1 Å². The summed E-state index contributed by atoms with van der Waals surface area (Å²) < 4.78 is 4.91. The van der Waals surface area contributed by atoms with Crippen molar-refractivity contribution in [3.05, 3.63) is 46.5 Å². The second-order valence-corrected chi connectivity index (χ2v) is 6.12. The van der Waals surface area contributed by atoms with E-state index in [1.54, 1.807) is 19.1 Å². The molecule has 1 aromatic heterocycles. The number of hydrogen-bond donors (Lipinski definition) is 0. The van der Waals surface area contributed by atoms with Crippen molar-refractivity contribution in [1.29, 1.82) is 5.26 Å². The molecule has 0 aliphatic heterocycles. The number of pyridine rings is 1. The third-order valence-electron chi connectivity index (χ3n) is 3.07. The monoisotopic (exact) mass is 346 g/mol. The fraction of sp³-hybridized carbons (Fsp3) is 0.235. The Morgan fingerprint density at radius 1 is 1.39 bits per heavy atom. The van der Waals surface area contributed by atoms with Gasteiger partial charge in [-0.2, -0.15) is 5.26 Å². The van der Waals surface area contributed by atoms with Gasteiger partial charge >= 0.3 is 5.97 Å². The summed E-state index contributed by atoms with van der Waals surface area (Å²) >= 11 is 7.12.